The SMILES string of the molecule is CN1CC[C@]23CC(=O)CC[C@@]2(O)[C@H]1Cc1ccc(C(=O)NCCc2ccc(C4C=NC(=O)N=C4)cc2)c(O)c13. The van der Waals surface area contributed by atoms with Gasteiger partial charge in [0.2, 0.25) is 0 Å². The van der Waals surface area contributed by atoms with E-state index in [9.17, 15) is 24.6 Å². The molecule has 9 heteroatoms. The summed E-state index contributed by atoms with van der Waals surface area (Å²) < 4.78 is 0. The van der Waals surface area contributed by atoms with Crippen LogP contribution >= 0.6 is 0 Å². The fourth-order valence-electron chi connectivity index (χ4n) is 7.16. The molecule has 3 atom stereocenters. The van der Waals surface area contributed by atoms with Gasteiger partial charge in [-0.1, -0.05) is 30.3 Å². The molecule has 2 aromatic rings. The van der Waals surface area contributed by atoms with Gasteiger partial charge >= 0.3 is 6.03 Å². The van der Waals surface area contributed by atoms with E-state index in [-0.39, 0.29) is 41.4 Å². The number of aromatic hydroxyl groups is 1. The molecule has 0 radical (unpaired) electrons. The second-order valence-electron chi connectivity index (χ2n) is 11.3. The van der Waals surface area contributed by atoms with E-state index >= 15 is 0 Å². The zero-order chi connectivity index (χ0) is 27.4. The summed E-state index contributed by atoms with van der Waals surface area (Å²) >= 11 is 0. The summed E-state index contributed by atoms with van der Waals surface area (Å²) in [5.74, 6) is -0.546. The maximum atomic E-state index is 13.2. The van der Waals surface area contributed by atoms with Crippen molar-refractivity contribution in [1.82, 2.24) is 10.2 Å². The number of phenols is 1. The van der Waals surface area contributed by atoms with E-state index in [4.69, 9.17) is 0 Å². The van der Waals surface area contributed by atoms with Gasteiger partial charge in [-0.2, -0.15) is 0 Å². The third-order valence-electron chi connectivity index (χ3n) is 9.24. The minimum absolute atomic E-state index is 0.0904. The molecule has 2 heterocycles. The summed E-state index contributed by atoms with van der Waals surface area (Å²) in [5.41, 5.74) is 1.65. The van der Waals surface area contributed by atoms with Crippen LogP contribution in [0.2, 0.25) is 0 Å². The number of rotatable bonds is 5. The molecular formula is C30H32N4O5. The largest absolute Gasteiger partial charge is 0.507 e. The molecule has 3 amide bonds. The molecule has 202 valence electrons. The summed E-state index contributed by atoms with van der Waals surface area (Å²) in [4.78, 5) is 46.6. The van der Waals surface area contributed by atoms with Crippen molar-refractivity contribution in [1.29, 1.82) is 0 Å². The molecular weight excluding hydrogens is 496 g/mol. The van der Waals surface area contributed by atoms with Crippen LogP contribution in [0, 0.1) is 0 Å². The first-order valence-electron chi connectivity index (χ1n) is 13.5. The number of nitrogens with one attached hydrogen (secondary N) is 1. The predicted molar refractivity (Wildman–Crippen MR) is 146 cm³/mol. The highest BCUT2D eigenvalue weighted by atomic mass is 16.3. The van der Waals surface area contributed by atoms with E-state index in [2.05, 4.69) is 20.2 Å². The quantitative estimate of drug-likeness (QED) is 0.547. The number of nitrogens with zero attached hydrogens (tertiary/aromatic N) is 3. The highest BCUT2D eigenvalue weighted by Crippen LogP contribution is 2.59. The van der Waals surface area contributed by atoms with Crippen LogP contribution in [-0.2, 0) is 23.1 Å². The first-order chi connectivity index (χ1) is 18.7. The van der Waals surface area contributed by atoms with Crippen molar-refractivity contribution in [3.05, 3.63) is 64.2 Å². The lowest BCUT2D eigenvalue weighted by Crippen LogP contribution is -2.72. The highest BCUT2D eigenvalue weighted by molar-refractivity contribution is 6.04. The van der Waals surface area contributed by atoms with Gasteiger partial charge < -0.3 is 20.4 Å². The van der Waals surface area contributed by atoms with Crippen molar-refractivity contribution < 1.29 is 24.6 Å². The van der Waals surface area contributed by atoms with Gasteiger partial charge in [0.1, 0.15) is 11.5 Å². The Kier molecular flexibility index (Phi) is 6.23. The Labute approximate surface area is 226 Å². The summed E-state index contributed by atoms with van der Waals surface area (Å²) in [7, 11) is 2.00. The highest BCUT2D eigenvalue weighted by Gasteiger charge is 2.65. The topological polar surface area (TPSA) is 132 Å². The van der Waals surface area contributed by atoms with Crippen LogP contribution < -0.4 is 5.32 Å². The summed E-state index contributed by atoms with van der Waals surface area (Å²) in [6.07, 6.45) is 5.75. The number of fused-ring (bicyclic) bond motifs is 1. The Bertz CT molecular complexity index is 1400. The third kappa shape index (κ3) is 4.11. The maximum Gasteiger partial charge on any atom is 0.366 e. The number of hydrogen-bond donors (Lipinski definition) is 3. The van der Waals surface area contributed by atoms with E-state index in [1.165, 1.54) is 0 Å². The lowest BCUT2D eigenvalue weighted by molar-refractivity contribution is -0.169. The molecule has 6 rings (SSSR count). The van der Waals surface area contributed by atoms with Gasteiger partial charge in [-0.15, -0.1) is 0 Å². The van der Waals surface area contributed by atoms with Gasteiger partial charge in [-0.25, -0.2) is 14.8 Å². The van der Waals surface area contributed by atoms with E-state index < -0.39 is 17.0 Å². The van der Waals surface area contributed by atoms with Crippen LogP contribution in [0.5, 0.6) is 5.75 Å². The monoisotopic (exact) mass is 528 g/mol. The minimum Gasteiger partial charge on any atom is -0.507 e. The zero-order valence-electron chi connectivity index (χ0n) is 21.9. The summed E-state index contributed by atoms with van der Waals surface area (Å²) in [5, 5.41) is 26.4. The number of phenolic OH excluding ortho intramolecular Hbond substituents is 1. The van der Waals surface area contributed by atoms with Crippen LogP contribution in [0.1, 0.15) is 64.2 Å². The third-order valence-corrected chi connectivity index (χ3v) is 9.24. The fraction of sp³-hybridized carbons (Fsp3) is 0.433. The number of ketones is 1. The minimum atomic E-state index is -1.12. The number of Topliss-reactive ketones (excluding diaryl/α,β-unsaturated/α-hetero) is 1. The predicted octanol–water partition coefficient (Wildman–Crippen LogP) is 2.71. The molecule has 39 heavy (non-hydrogen) atoms. The number of carbonyl (C=O) groups excluding carboxylic acids is 3. The normalized spacial score (nSPS) is 28.2. The van der Waals surface area contributed by atoms with Crippen LogP contribution in [-0.4, -0.2) is 77.0 Å². The van der Waals surface area contributed by atoms with Crippen LogP contribution in [0.25, 0.3) is 0 Å². The molecule has 2 aliphatic heterocycles. The standard InChI is InChI=1S/C30H32N4O5/c1-34-13-11-29-15-22(35)8-10-30(29,39)24(34)14-20-6-7-23(26(36)25(20)29)27(37)31-12-9-18-2-4-19(5-3-18)21-16-32-28(38)33-17-21/h2-7,16-17,21,24,36,39H,8-15H2,1H3,(H,31,37)/t24-,29-,30-/m1/s1. The first-order valence-corrected chi connectivity index (χ1v) is 13.5. The van der Waals surface area contributed by atoms with Gasteiger partial charge in [-0.3, -0.25) is 9.59 Å². The number of amides is 3. The van der Waals surface area contributed by atoms with Crippen LogP contribution in [0.3, 0.4) is 0 Å². The van der Waals surface area contributed by atoms with Gasteiger partial charge in [0.25, 0.3) is 5.91 Å². The Morgan fingerprint density at radius 1 is 1.10 bits per heavy atom. The Morgan fingerprint density at radius 2 is 1.85 bits per heavy atom. The Hall–Kier alpha value is -3.69. The van der Waals surface area contributed by atoms with Crippen LogP contribution in [0.15, 0.2) is 46.4 Å². The van der Waals surface area contributed by atoms with Crippen molar-refractivity contribution in [3.63, 3.8) is 0 Å². The molecule has 0 aromatic heterocycles. The Morgan fingerprint density at radius 3 is 2.59 bits per heavy atom. The zero-order valence-corrected chi connectivity index (χ0v) is 21.9. The van der Waals surface area contributed by atoms with Crippen molar-refractivity contribution >= 4 is 30.2 Å². The van der Waals surface area contributed by atoms with Crippen molar-refractivity contribution in [2.45, 2.75) is 61.5 Å². The molecule has 0 spiro atoms. The number of carbonyl (C=O) groups is 3. The van der Waals surface area contributed by atoms with Gasteiger partial charge in [0.15, 0.2) is 0 Å². The van der Waals surface area contributed by atoms with E-state index in [0.29, 0.717) is 50.8 Å². The smallest absolute Gasteiger partial charge is 0.366 e. The average molecular weight is 529 g/mol. The number of likely N-dealkylation sites (tertiary alicyclic amines) is 1. The number of aliphatic imine (C=N–C) groups is 2. The summed E-state index contributed by atoms with van der Waals surface area (Å²) in [6, 6.07) is 10.7. The molecule has 1 saturated heterocycles. The lowest BCUT2D eigenvalue weighted by atomic mass is 9.49. The first kappa shape index (κ1) is 25.6. The molecule has 2 fully saturated rings. The Balaban J connectivity index is 1.19. The fourth-order valence-corrected chi connectivity index (χ4v) is 7.16. The number of hydrogen-bond acceptors (Lipinski definition) is 6. The lowest BCUT2D eigenvalue weighted by Gasteiger charge is -2.62. The summed E-state index contributed by atoms with van der Waals surface area (Å²) in [6.45, 7) is 1.09. The van der Waals surface area contributed by atoms with Gasteiger partial charge in [0, 0.05) is 48.8 Å². The van der Waals surface area contributed by atoms with Crippen LogP contribution in [0.4, 0.5) is 4.79 Å². The van der Waals surface area contributed by atoms with Gasteiger partial charge in [0.05, 0.1) is 17.1 Å². The van der Waals surface area contributed by atoms with E-state index in [0.717, 1.165) is 16.7 Å². The van der Waals surface area contributed by atoms with Crippen molar-refractivity contribution in [2.75, 3.05) is 20.1 Å². The number of likely N-dealkylation sites (N-methyl/N-ethyl adjacent to an activating group) is 1. The second-order valence-corrected chi connectivity index (χ2v) is 11.3. The molecule has 9 nitrogen and oxygen atoms in total. The number of aliphatic hydroxyl groups is 1. The molecule has 0 unspecified atom stereocenters. The van der Waals surface area contributed by atoms with Gasteiger partial charge in [-0.05, 0) is 62.0 Å². The van der Waals surface area contributed by atoms with Crippen molar-refractivity contribution in [3.8, 4) is 5.75 Å². The number of urea groups is 1. The molecule has 4 aliphatic rings. The average Bonchev–Trinajstić information content (AvgIpc) is 2.92. The molecule has 1 saturated carbocycles. The van der Waals surface area contributed by atoms with Crippen molar-refractivity contribution in [2.24, 2.45) is 9.98 Å². The van der Waals surface area contributed by atoms with E-state index in [1.807, 2.05) is 37.4 Å². The number of piperidine rings is 1. The van der Waals surface area contributed by atoms with E-state index in [1.54, 1.807) is 18.5 Å². The molecule has 2 aromatic carbocycles. The molecule has 2 bridgehead atoms. The molecule has 2 aliphatic carbocycles. The maximum absolute atomic E-state index is 13.2. The second kappa shape index (κ2) is 9.50. The molecule has 3 N–H and O–H groups in total. The number of benzene rings is 2.